The highest BCUT2D eigenvalue weighted by molar-refractivity contribution is 8.00. The molecule has 0 spiro atoms. The first kappa shape index (κ1) is 17.4. The number of halogens is 1. The molecular weight excluding hydrogens is 373 g/mol. The van der Waals surface area contributed by atoms with Crippen molar-refractivity contribution in [3.05, 3.63) is 41.8 Å². The van der Waals surface area contributed by atoms with E-state index in [4.69, 9.17) is 4.74 Å². The predicted molar refractivity (Wildman–Crippen MR) is 101 cm³/mol. The summed E-state index contributed by atoms with van der Waals surface area (Å²) in [5.41, 5.74) is 1.88. The lowest BCUT2D eigenvalue weighted by atomic mass is 10.1. The molecule has 134 valence electrons. The Balaban J connectivity index is 1.59. The highest BCUT2D eigenvalue weighted by atomic mass is 32.2. The SMILES string of the molecule is O=C(CSc1ncnc2scc(-c3ccc(F)cc3)c12)N1CCOCC1. The van der Waals surface area contributed by atoms with Gasteiger partial charge in [-0.3, -0.25) is 4.79 Å². The van der Waals surface area contributed by atoms with Crippen LogP contribution >= 0.6 is 23.1 Å². The van der Waals surface area contributed by atoms with Gasteiger partial charge in [0, 0.05) is 24.0 Å². The summed E-state index contributed by atoms with van der Waals surface area (Å²) in [5, 5.41) is 3.70. The van der Waals surface area contributed by atoms with Crippen molar-refractivity contribution in [1.29, 1.82) is 0 Å². The number of amides is 1. The second-order valence-electron chi connectivity index (χ2n) is 5.80. The Morgan fingerprint density at radius 1 is 1.23 bits per heavy atom. The smallest absolute Gasteiger partial charge is 0.233 e. The summed E-state index contributed by atoms with van der Waals surface area (Å²) in [4.78, 5) is 23.8. The van der Waals surface area contributed by atoms with Crippen LogP contribution in [0.1, 0.15) is 0 Å². The fourth-order valence-corrected chi connectivity index (χ4v) is 4.73. The van der Waals surface area contributed by atoms with Crippen LogP contribution in [0.4, 0.5) is 4.39 Å². The summed E-state index contributed by atoms with van der Waals surface area (Å²) in [6.45, 7) is 2.45. The molecule has 4 rings (SSSR count). The van der Waals surface area contributed by atoms with Crippen LogP contribution in [0.25, 0.3) is 21.3 Å². The third-order valence-electron chi connectivity index (χ3n) is 4.19. The van der Waals surface area contributed by atoms with Gasteiger partial charge >= 0.3 is 0 Å². The van der Waals surface area contributed by atoms with Crippen molar-refractivity contribution in [2.75, 3.05) is 32.1 Å². The lowest BCUT2D eigenvalue weighted by Gasteiger charge is -2.26. The molecule has 3 heterocycles. The number of morpholine rings is 1. The molecule has 1 aromatic carbocycles. The van der Waals surface area contributed by atoms with Gasteiger partial charge in [0.05, 0.1) is 24.4 Å². The Morgan fingerprint density at radius 2 is 2.00 bits per heavy atom. The Kier molecular flexibility index (Phi) is 5.14. The van der Waals surface area contributed by atoms with E-state index in [0.717, 1.165) is 26.4 Å². The van der Waals surface area contributed by atoms with E-state index in [1.807, 2.05) is 10.3 Å². The van der Waals surface area contributed by atoms with Gasteiger partial charge in [-0.2, -0.15) is 0 Å². The van der Waals surface area contributed by atoms with E-state index in [9.17, 15) is 9.18 Å². The normalized spacial score (nSPS) is 14.7. The molecule has 0 saturated carbocycles. The summed E-state index contributed by atoms with van der Waals surface area (Å²) in [5.74, 6) is 0.143. The minimum atomic E-state index is -0.268. The third kappa shape index (κ3) is 3.58. The number of carbonyl (C=O) groups excluding carboxylic acids is 1. The van der Waals surface area contributed by atoms with Crippen molar-refractivity contribution in [2.45, 2.75) is 5.03 Å². The quantitative estimate of drug-likeness (QED) is 0.505. The zero-order valence-electron chi connectivity index (χ0n) is 13.9. The Bertz CT molecular complexity index is 924. The molecule has 0 unspecified atom stereocenters. The van der Waals surface area contributed by atoms with Crippen molar-refractivity contribution in [1.82, 2.24) is 14.9 Å². The highest BCUT2D eigenvalue weighted by Crippen LogP contribution is 2.37. The van der Waals surface area contributed by atoms with Crippen molar-refractivity contribution >= 4 is 39.2 Å². The fraction of sp³-hybridized carbons (Fsp3) is 0.278. The van der Waals surface area contributed by atoms with Gasteiger partial charge in [0.15, 0.2) is 0 Å². The van der Waals surface area contributed by atoms with Crippen molar-refractivity contribution in [2.24, 2.45) is 0 Å². The van der Waals surface area contributed by atoms with Crippen LogP contribution in [0.3, 0.4) is 0 Å². The summed E-state index contributed by atoms with van der Waals surface area (Å²) in [7, 11) is 0. The van der Waals surface area contributed by atoms with E-state index < -0.39 is 0 Å². The van der Waals surface area contributed by atoms with E-state index in [1.54, 1.807) is 12.1 Å². The largest absolute Gasteiger partial charge is 0.378 e. The molecule has 0 N–H and O–H groups in total. The molecule has 1 saturated heterocycles. The monoisotopic (exact) mass is 389 g/mol. The maximum atomic E-state index is 13.2. The van der Waals surface area contributed by atoms with E-state index in [0.29, 0.717) is 32.1 Å². The molecule has 0 radical (unpaired) electrons. The first-order valence-corrected chi connectivity index (χ1v) is 10.1. The number of hydrogen-bond donors (Lipinski definition) is 0. The molecule has 0 atom stereocenters. The summed E-state index contributed by atoms with van der Waals surface area (Å²) >= 11 is 2.94. The number of thiophene rings is 1. The number of fused-ring (bicyclic) bond motifs is 1. The second-order valence-corrected chi connectivity index (χ2v) is 7.62. The second kappa shape index (κ2) is 7.69. The first-order chi connectivity index (χ1) is 12.7. The first-order valence-electron chi connectivity index (χ1n) is 8.19. The van der Waals surface area contributed by atoms with E-state index in [-0.39, 0.29) is 11.7 Å². The molecule has 2 aromatic heterocycles. The van der Waals surface area contributed by atoms with Gasteiger partial charge in [0.2, 0.25) is 5.91 Å². The Labute approximate surface area is 158 Å². The summed E-state index contributed by atoms with van der Waals surface area (Å²) in [6.07, 6.45) is 1.52. The topological polar surface area (TPSA) is 55.3 Å². The van der Waals surface area contributed by atoms with Gasteiger partial charge in [-0.15, -0.1) is 11.3 Å². The molecule has 1 fully saturated rings. The molecule has 1 aliphatic rings. The third-order valence-corrected chi connectivity index (χ3v) is 6.05. The van der Waals surface area contributed by atoms with Gasteiger partial charge in [0.1, 0.15) is 22.0 Å². The van der Waals surface area contributed by atoms with Crippen LogP contribution < -0.4 is 0 Å². The Hall–Kier alpha value is -2.03. The Morgan fingerprint density at radius 3 is 2.77 bits per heavy atom. The van der Waals surface area contributed by atoms with Crippen molar-refractivity contribution < 1.29 is 13.9 Å². The molecular formula is C18H16FN3O2S2. The number of aromatic nitrogens is 2. The average Bonchev–Trinajstić information content (AvgIpc) is 3.12. The number of benzene rings is 1. The minimum Gasteiger partial charge on any atom is -0.378 e. The van der Waals surface area contributed by atoms with Gasteiger partial charge in [-0.05, 0) is 17.7 Å². The molecule has 0 bridgehead atoms. The van der Waals surface area contributed by atoms with Crippen LogP contribution in [-0.4, -0.2) is 52.8 Å². The van der Waals surface area contributed by atoms with Crippen molar-refractivity contribution in [3.63, 3.8) is 0 Å². The van der Waals surface area contributed by atoms with Crippen LogP contribution in [0.15, 0.2) is 41.0 Å². The molecule has 1 aliphatic heterocycles. The summed E-state index contributed by atoms with van der Waals surface area (Å²) < 4.78 is 18.5. The number of nitrogens with zero attached hydrogens (tertiary/aromatic N) is 3. The molecule has 8 heteroatoms. The van der Waals surface area contributed by atoms with Gasteiger partial charge < -0.3 is 9.64 Å². The van der Waals surface area contributed by atoms with E-state index in [1.165, 1.54) is 41.6 Å². The number of hydrogen-bond acceptors (Lipinski definition) is 6. The number of rotatable bonds is 4. The fourth-order valence-electron chi connectivity index (χ4n) is 2.83. The standard InChI is InChI=1S/C18H16FN3O2S2/c19-13-3-1-12(2-4-13)14-9-25-17-16(14)18(21-11-20-17)26-10-15(23)22-5-7-24-8-6-22/h1-4,9,11H,5-8,10H2. The maximum absolute atomic E-state index is 13.2. The minimum absolute atomic E-state index is 0.0867. The molecule has 5 nitrogen and oxygen atoms in total. The van der Waals surface area contributed by atoms with Crippen LogP contribution in [0.2, 0.25) is 0 Å². The lowest BCUT2D eigenvalue weighted by molar-refractivity contribution is -0.132. The average molecular weight is 389 g/mol. The van der Waals surface area contributed by atoms with Gasteiger partial charge in [-0.25, -0.2) is 14.4 Å². The zero-order valence-corrected chi connectivity index (χ0v) is 15.5. The zero-order chi connectivity index (χ0) is 17.9. The van der Waals surface area contributed by atoms with E-state index >= 15 is 0 Å². The van der Waals surface area contributed by atoms with Gasteiger partial charge in [0.25, 0.3) is 0 Å². The molecule has 3 aromatic rings. The van der Waals surface area contributed by atoms with Crippen LogP contribution in [0.5, 0.6) is 0 Å². The molecule has 0 aliphatic carbocycles. The number of thioether (sulfide) groups is 1. The lowest BCUT2D eigenvalue weighted by Crippen LogP contribution is -2.41. The van der Waals surface area contributed by atoms with Gasteiger partial charge in [-0.1, -0.05) is 23.9 Å². The predicted octanol–water partition coefficient (Wildman–Crippen LogP) is 3.45. The highest BCUT2D eigenvalue weighted by Gasteiger charge is 2.19. The molecule has 1 amide bonds. The number of ether oxygens (including phenoxy) is 1. The van der Waals surface area contributed by atoms with Crippen LogP contribution in [0, 0.1) is 5.82 Å². The number of carbonyl (C=O) groups is 1. The van der Waals surface area contributed by atoms with Crippen molar-refractivity contribution in [3.8, 4) is 11.1 Å². The molecule has 26 heavy (non-hydrogen) atoms. The maximum Gasteiger partial charge on any atom is 0.233 e. The van der Waals surface area contributed by atoms with E-state index in [2.05, 4.69) is 9.97 Å². The summed E-state index contributed by atoms with van der Waals surface area (Å²) in [6, 6.07) is 6.38. The van der Waals surface area contributed by atoms with Crippen LogP contribution in [-0.2, 0) is 9.53 Å².